The first-order valence-corrected chi connectivity index (χ1v) is 8.66. The number of fused-ring (bicyclic) bond motifs is 1. The number of urea groups is 1. The van der Waals surface area contributed by atoms with E-state index in [0.717, 1.165) is 17.1 Å². The number of amides is 2. The van der Waals surface area contributed by atoms with Crippen molar-refractivity contribution in [1.29, 1.82) is 0 Å². The fourth-order valence-electron chi connectivity index (χ4n) is 2.55. The summed E-state index contributed by atoms with van der Waals surface area (Å²) in [5.41, 5.74) is 2.18. The molecule has 3 rings (SSSR count). The lowest BCUT2D eigenvalue weighted by Gasteiger charge is -2.24. The molecule has 1 aliphatic rings. The third-order valence-corrected chi connectivity index (χ3v) is 4.60. The van der Waals surface area contributed by atoms with Gasteiger partial charge in [0.2, 0.25) is 6.79 Å². The number of rotatable bonds is 6. The van der Waals surface area contributed by atoms with Gasteiger partial charge < -0.3 is 25.0 Å². The number of hydrogen-bond acceptors (Lipinski definition) is 5. The van der Waals surface area contributed by atoms with Gasteiger partial charge in [-0.1, -0.05) is 6.07 Å². The van der Waals surface area contributed by atoms with Crippen LogP contribution in [-0.2, 0) is 6.54 Å². The van der Waals surface area contributed by atoms with Crippen LogP contribution in [0.15, 0.2) is 35.0 Å². The van der Waals surface area contributed by atoms with E-state index in [9.17, 15) is 4.79 Å². The number of likely N-dealkylation sites (N-methyl/N-ethyl adjacent to an activating group) is 1. The first kappa shape index (κ1) is 16.6. The zero-order valence-corrected chi connectivity index (χ0v) is 14.6. The number of ether oxygens (including phenoxy) is 2. The maximum absolute atomic E-state index is 12.1. The molecule has 2 amide bonds. The van der Waals surface area contributed by atoms with Gasteiger partial charge in [-0.15, -0.1) is 0 Å². The van der Waals surface area contributed by atoms with Crippen LogP contribution in [0.25, 0.3) is 0 Å². The summed E-state index contributed by atoms with van der Waals surface area (Å²) in [4.78, 5) is 14.2. The second-order valence-corrected chi connectivity index (χ2v) is 6.57. The highest BCUT2D eigenvalue weighted by Gasteiger charge is 2.16. The Morgan fingerprint density at radius 1 is 1.25 bits per heavy atom. The molecule has 7 heteroatoms. The van der Waals surface area contributed by atoms with E-state index in [4.69, 9.17) is 9.47 Å². The lowest BCUT2D eigenvalue weighted by Crippen LogP contribution is -2.40. The molecule has 0 saturated heterocycles. The molecule has 128 valence electrons. The SMILES string of the molecule is CN(C)[C@H](CNC(=O)NCc1ccc2c(c1)OCO2)c1ccsc1. The molecule has 2 aromatic rings. The van der Waals surface area contributed by atoms with Crippen molar-refractivity contribution in [1.82, 2.24) is 15.5 Å². The molecular weight excluding hydrogens is 326 g/mol. The molecule has 24 heavy (non-hydrogen) atoms. The third-order valence-electron chi connectivity index (χ3n) is 3.90. The van der Waals surface area contributed by atoms with Crippen LogP contribution in [0.1, 0.15) is 17.2 Å². The minimum Gasteiger partial charge on any atom is -0.454 e. The van der Waals surface area contributed by atoms with Crippen LogP contribution < -0.4 is 20.1 Å². The first-order chi connectivity index (χ1) is 11.6. The number of carbonyl (C=O) groups excluding carboxylic acids is 1. The number of benzene rings is 1. The highest BCUT2D eigenvalue weighted by atomic mass is 32.1. The largest absolute Gasteiger partial charge is 0.454 e. The van der Waals surface area contributed by atoms with Gasteiger partial charge in [0.15, 0.2) is 11.5 Å². The summed E-state index contributed by atoms with van der Waals surface area (Å²) in [5.74, 6) is 1.47. The molecule has 1 aromatic carbocycles. The lowest BCUT2D eigenvalue weighted by molar-refractivity contribution is 0.174. The molecule has 0 radical (unpaired) electrons. The summed E-state index contributed by atoms with van der Waals surface area (Å²) in [6, 6.07) is 7.72. The molecule has 6 nitrogen and oxygen atoms in total. The van der Waals surface area contributed by atoms with Crippen LogP contribution in [0.4, 0.5) is 4.79 Å². The van der Waals surface area contributed by atoms with Crippen LogP contribution in [0, 0.1) is 0 Å². The first-order valence-electron chi connectivity index (χ1n) is 7.72. The van der Waals surface area contributed by atoms with Crippen LogP contribution in [0.3, 0.4) is 0 Å². The summed E-state index contributed by atoms with van der Waals surface area (Å²) in [6.45, 7) is 1.24. The van der Waals surface area contributed by atoms with Gasteiger partial charge in [0.1, 0.15) is 0 Å². The number of nitrogens with zero attached hydrogens (tertiary/aromatic N) is 1. The Balaban J connectivity index is 1.49. The molecule has 0 bridgehead atoms. The monoisotopic (exact) mass is 347 g/mol. The summed E-state index contributed by atoms with van der Waals surface area (Å²) in [6.07, 6.45) is 0. The van der Waals surface area contributed by atoms with Crippen LogP contribution >= 0.6 is 11.3 Å². The number of nitrogens with one attached hydrogen (secondary N) is 2. The smallest absolute Gasteiger partial charge is 0.315 e. The molecule has 0 saturated carbocycles. The maximum atomic E-state index is 12.1. The zero-order valence-electron chi connectivity index (χ0n) is 13.7. The standard InChI is InChI=1S/C17H21N3O3S/c1-20(2)14(13-5-6-24-10-13)9-19-17(21)18-8-12-3-4-15-16(7-12)23-11-22-15/h3-7,10,14H,8-9,11H2,1-2H3,(H2,18,19,21)/t14-/m1/s1. The molecular formula is C17H21N3O3S. The fraction of sp³-hybridized carbons (Fsp3) is 0.353. The van der Waals surface area contributed by atoms with Crippen molar-refractivity contribution >= 4 is 17.4 Å². The molecule has 1 aliphatic heterocycles. The Kier molecular flexibility index (Phi) is 5.22. The Morgan fingerprint density at radius 2 is 2.08 bits per heavy atom. The third kappa shape index (κ3) is 3.98. The van der Waals surface area contributed by atoms with E-state index in [0.29, 0.717) is 13.1 Å². The van der Waals surface area contributed by atoms with E-state index >= 15 is 0 Å². The Hall–Kier alpha value is -2.25. The Bertz CT molecular complexity index is 688. The Labute approximate surface area is 145 Å². The predicted molar refractivity (Wildman–Crippen MR) is 93.6 cm³/mol. The van der Waals surface area contributed by atoms with Gasteiger partial charge in [-0.2, -0.15) is 11.3 Å². The predicted octanol–water partition coefficient (Wildman–Crippen LogP) is 2.58. The van der Waals surface area contributed by atoms with E-state index in [1.54, 1.807) is 11.3 Å². The fourth-order valence-corrected chi connectivity index (χ4v) is 3.26. The van der Waals surface area contributed by atoms with E-state index in [-0.39, 0.29) is 18.9 Å². The molecule has 0 spiro atoms. The van der Waals surface area contributed by atoms with Gasteiger partial charge in [0.25, 0.3) is 0 Å². The van der Waals surface area contributed by atoms with Crippen molar-refractivity contribution in [3.05, 3.63) is 46.2 Å². The summed E-state index contributed by atoms with van der Waals surface area (Å²) < 4.78 is 10.6. The minimum atomic E-state index is -0.185. The van der Waals surface area contributed by atoms with E-state index in [1.807, 2.05) is 37.7 Å². The molecule has 2 N–H and O–H groups in total. The zero-order chi connectivity index (χ0) is 16.9. The van der Waals surface area contributed by atoms with Crippen molar-refractivity contribution in [2.24, 2.45) is 0 Å². The topological polar surface area (TPSA) is 62.8 Å². The molecule has 1 aromatic heterocycles. The van der Waals surface area contributed by atoms with E-state index < -0.39 is 0 Å². The van der Waals surface area contributed by atoms with Gasteiger partial charge in [-0.25, -0.2) is 4.79 Å². The maximum Gasteiger partial charge on any atom is 0.315 e. The van der Waals surface area contributed by atoms with Crippen LogP contribution in [0.5, 0.6) is 11.5 Å². The van der Waals surface area contributed by atoms with Crippen LogP contribution in [-0.4, -0.2) is 38.4 Å². The van der Waals surface area contributed by atoms with Crippen molar-refractivity contribution in [2.45, 2.75) is 12.6 Å². The van der Waals surface area contributed by atoms with Crippen molar-refractivity contribution in [2.75, 3.05) is 27.4 Å². The normalized spacial score (nSPS) is 13.8. The molecule has 1 atom stereocenters. The highest BCUT2D eigenvalue weighted by molar-refractivity contribution is 7.07. The van der Waals surface area contributed by atoms with Gasteiger partial charge in [-0.3, -0.25) is 0 Å². The summed E-state index contributed by atoms with van der Waals surface area (Å²) >= 11 is 1.66. The number of hydrogen-bond donors (Lipinski definition) is 2. The van der Waals surface area contributed by atoms with Crippen LogP contribution in [0.2, 0.25) is 0 Å². The molecule has 2 heterocycles. The average Bonchev–Trinajstić information content (AvgIpc) is 3.23. The number of carbonyl (C=O) groups is 1. The van der Waals surface area contributed by atoms with E-state index in [1.165, 1.54) is 5.56 Å². The highest BCUT2D eigenvalue weighted by Crippen LogP contribution is 2.32. The molecule has 0 unspecified atom stereocenters. The number of thiophene rings is 1. The average molecular weight is 347 g/mol. The van der Waals surface area contributed by atoms with Crippen molar-refractivity contribution in [3.8, 4) is 11.5 Å². The van der Waals surface area contributed by atoms with E-state index in [2.05, 4.69) is 27.0 Å². The van der Waals surface area contributed by atoms with Gasteiger partial charge in [0, 0.05) is 13.1 Å². The summed E-state index contributed by atoms with van der Waals surface area (Å²) in [5, 5.41) is 9.95. The van der Waals surface area contributed by atoms with Crippen molar-refractivity contribution in [3.63, 3.8) is 0 Å². The van der Waals surface area contributed by atoms with Gasteiger partial charge >= 0.3 is 6.03 Å². The minimum absolute atomic E-state index is 0.160. The second-order valence-electron chi connectivity index (χ2n) is 5.79. The summed E-state index contributed by atoms with van der Waals surface area (Å²) in [7, 11) is 4.02. The molecule has 0 aliphatic carbocycles. The second kappa shape index (κ2) is 7.55. The molecule has 0 fully saturated rings. The quantitative estimate of drug-likeness (QED) is 0.843. The van der Waals surface area contributed by atoms with Gasteiger partial charge in [-0.05, 0) is 54.2 Å². The lowest BCUT2D eigenvalue weighted by atomic mass is 10.1. The van der Waals surface area contributed by atoms with Crippen molar-refractivity contribution < 1.29 is 14.3 Å². The Morgan fingerprint density at radius 3 is 2.83 bits per heavy atom. The van der Waals surface area contributed by atoms with Gasteiger partial charge in [0.05, 0.1) is 6.04 Å².